The highest BCUT2D eigenvalue weighted by Crippen LogP contribution is 2.25. The Hall–Kier alpha value is -1.58. The Labute approximate surface area is 76.4 Å². The Kier molecular flexibility index (Phi) is 1.69. The molecule has 0 unspecified atom stereocenters. The van der Waals surface area contributed by atoms with Crippen LogP contribution in [0.15, 0.2) is 24.8 Å². The zero-order chi connectivity index (χ0) is 9.31. The Balaban J connectivity index is 2.42. The van der Waals surface area contributed by atoms with Gasteiger partial charge < -0.3 is 9.97 Å². The van der Waals surface area contributed by atoms with Crippen molar-refractivity contribution in [1.29, 1.82) is 0 Å². The van der Waals surface area contributed by atoms with Crippen molar-refractivity contribution in [3.63, 3.8) is 0 Å². The minimum atomic E-state index is -0.188. The summed E-state index contributed by atoms with van der Waals surface area (Å²) in [7, 11) is 0. The van der Waals surface area contributed by atoms with Crippen molar-refractivity contribution in [3.05, 3.63) is 36.4 Å². The lowest BCUT2D eigenvalue weighted by Crippen LogP contribution is -2.22. The molecule has 0 aliphatic heterocycles. The molecule has 0 radical (unpaired) electrons. The van der Waals surface area contributed by atoms with Crippen LogP contribution in [-0.2, 0) is 5.41 Å². The highest BCUT2D eigenvalue weighted by atomic mass is 15.0. The molecule has 0 saturated carbocycles. The molecule has 0 atom stereocenters. The molecular weight excluding hydrogens is 164 g/mol. The third-order valence-corrected chi connectivity index (χ3v) is 2.18. The molecule has 0 aliphatic carbocycles. The number of imidazole rings is 2. The van der Waals surface area contributed by atoms with Crippen molar-refractivity contribution in [2.75, 3.05) is 0 Å². The van der Waals surface area contributed by atoms with Crippen LogP contribution in [0.5, 0.6) is 0 Å². The minimum Gasteiger partial charge on any atom is -0.348 e. The van der Waals surface area contributed by atoms with Gasteiger partial charge in [0.2, 0.25) is 0 Å². The van der Waals surface area contributed by atoms with Gasteiger partial charge in [-0.05, 0) is 13.8 Å². The van der Waals surface area contributed by atoms with Gasteiger partial charge in [0.15, 0.2) is 0 Å². The van der Waals surface area contributed by atoms with E-state index in [4.69, 9.17) is 0 Å². The van der Waals surface area contributed by atoms with E-state index in [1.807, 2.05) is 12.4 Å². The molecule has 2 N–H and O–H groups in total. The number of H-pyrrole nitrogens is 2. The fourth-order valence-corrected chi connectivity index (χ4v) is 1.33. The second kappa shape index (κ2) is 2.73. The first-order valence-corrected chi connectivity index (χ1v) is 4.21. The minimum absolute atomic E-state index is 0.188. The molecule has 0 aromatic carbocycles. The predicted molar refractivity (Wildman–Crippen MR) is 49.3 cm³/mol. The molecule has 68 valence electrons. The molecule has 0 bridgehead atoms. The van der Waals surface area contributed by atoms with Crippen LogP contribution < -0.4 is 0 Å². The van der Waals surface area contributed by atoms with Gasteiger partial charge in [-0.3, -0.25) is 0 Å². The summed E-state index contributed by atoms with van der Waals surface area (Å²) < 4.78 is 0. The summed E-state index contributed by atoms with van der Waals surface area (Å²) >= 11 is 0. The molecule has 0 saturated heterocycles. The molecule has 2 rings (SSSR count). The molecule has 0 aliphatic rings. The molecule has 0 spiro atoms. The van der Waals surface area contributed by atoms with Gasteiger partial charge >= 0.3 is 0 Å². The SMILES string of the molecule is CC(C)(c1ncc[nH]1)c1ncc[nH]1. The average Bonchev–Trinajstić information content (AvgIpc) is 2.78. The average molecular weight is 176 g/mol. The van der Waals surface area contributed by atoms with Crippen molar-refractivity contribution in [3.8, 4) is 0 Å². The fraction of sp³-hybridized carbons (Fsp3) is 0.333. The summed E-state index contributed by atoms with van der Waals surface area (Å²) in [5, 5.41) is 0. The molecule has 13 heavy (non-hydrogen) atoms. The largest absolute Gasteiger partial charge is 0.348 e. The third kappa shape index (κ3) is 1.24. The highest BCUT2D eigenvalue weighted by molar-refractivity contribution is 5.18. The summed E-state index contributed by atoms with van der Waals surface area (Å²) in [5.41, 5.74) is -0.188. The van der Waals surface area contributed by atoms with Gasteiger partial charge in [0.05, 0.1) is 5.41 Å². The number of nitrogens with one attached hydrogen (secondary N) is 2. The van der Waals surface area contributed by atoms with E-state index in [2.05, 4.69) is 33.8 Å². The van der Waals surface area contributed by atoms with Crippen molar-refractivity contribution < 1.29 is 0 Å². The maximum absolute atomic E-state index is 4.23. The first-order valence-electron chi connectivity index (χ1n) is 4.21. The third-order valence-electron chi connectivity index (χ3n) is 2.18. The van der Waals surface area contributed by atoms with Gasteiger partial charge in [0.25, 0.3) is 0 Å². The highest BCUT2D eigenvalue weighted by Gasteiger charge is 2.27. The molecule has 0 amide bonds. The molecule has 4 heteroatoms. The fourth-order valence-electron chi connectivity index (χ4n) is 1.33. The second-order valence-electron chi connectivity index (χ2n) is 3.50. The van der Waals surface area contributed by atoms with Gasteiger partial charge in [-0.1, -0.05) is 0 Å². The van der Waals surface area contributed by atoms with E-state index in [0.29, 0.717) is 0 Å². The van der Waals surface area contributed by atoms with Crippen LogP contribution >= 0.6 is 0 Å². The van der Waals surface area contributed by atoms with Gasteiger partial charge in [0, 0.05) is 24.8 Å². The van der Waals surface area contributed by atoms with Crippen LogP contribution in [0.4, 0.5) is 0 Å². The smallest absolute Gasteiger partial charge is 0.119 e. The Bertz CT molecular complexity index is 322. The summed E-state index contributed by atoms with van der Waals surface area (Å²) in [6.07, 6.45) is 7.14. The maximum Gasteiger partial charge on any atom is 0.119 e. The molecular formula is C9H12N4. The van der Waals surface area contributed by atoms with Gasteiger partial charge in [-0.15, -0.1) is 0 Å². The van der Waals surface area contributed by atoms with Crippen molar-refractivity contribution in [2.45, 2.75) is 19.3 Å². The van der Waals surface area contributed by atoms with E-state index in [9.17, 15) is 0 Å². The van der Waals surface area contributed by atoms with Crippen LogP contribution in [0.2, 0.25) is 0 Å². The zero-order valence-corrected chi connectivity index (χ0v) is 7.70. The lowest BCUT2D eigenvalue weighted by atomic mass is 9.92. The van der Waals surface area contributed by atoms with E-state index >= 15 is 0 Å². The number of hydrogen-bond acceptors (Lipinski definition) is 2. The second-order valence-corrected chi connectivity index (χ2v) is 3.50. The Morgan fingerprint density at radius 1 is 1.00 bits per heavy atom. The van der Waals surface area contributed by atoms with Gasteiger partial charge in [0.1, 0.15) is 11.6 Å². The number of aromatic amines is 2. The van der Waals surface area contributed by atoms with E-state index in [1.165, 1.54) is 0 Å². The van der Waals surface area contributed by atoms with E-state index in [1.54, 1.807) is 12.4 Å². The van der Waals surface area contributed by atoms with Crippen molar-refractivity contribution >= 4 is 0 Å². The number of nitrogens with zero attached hydrogens (tertiary/aromatic N) is 2. The molecule has 2 aromatic rings. The molecule has 2 heterocycles. The van der Waals surface area contributed by atoms with Gasteiger partial charge in [-0.25, -0.2) is 9.97 Å². The van der Waals surface area contributed by atoms with Crippen LogP contribution in [0.1, 0.15) is 25.5 Å². The van der Waals surface area contributed by atoms with E-state index in [0.717, 1.165) is 11.6 Å². The number of rotatable bonds is 2. The quantitative estimate of drug-likeness (QED) is 0.727. The summed E-state index contributed by atoms with van der Waals surface area (Å²) in [6.45, 7) is 4.15. The zero-order valence-electron chi connectivity index (χ0n) is 7.70. The van der Waals surface area contributed by atoms with Crippen molar-refractivity contribution in [2.24, 2.45) is 0 Å². The van der Waals surface area contributed by atoms with Crippen LogP contribution in [0.25, 0.3) is 0 Å². The Morgan fingerprint density at radius 3 is 1.77 bits per heavy atom. The molecule has 2 aromatic heterocycles. The molecule has 4 nitrogen and oxygen atoms in total. The van der Waals surface area contributed by atoms with Gasteiger partial charge in [-0.2, -0.15) is 0 Å². The van der Waals surface area contributed by atoms with Crippen LogP contribution in [0, 0.1) is 0 Å². The Morgan fingerprint density at radius 2 is 1.46 bits per heavy atom. The van der Waals surface area contributed by atoms with Crippen LogP contribution in [0.3, 0.4) is 0 Å². The monoisotopic (exact) mass is 176 g/mol. The summed E-state index contributed by atoms with van der Waals surface area (Å²) in [5.74, 6) is 1.84. The van der Waals surface area contributed by atoms with Crippen LogP contribution in [-0.4, -0.2) is 19.9 Å². The molecule has 0 fully saturated rings. The van der Waals surface area contributed by atoms with Crippen molar-refractivity contribution in [1.82, 2.24) is 19.9 Å². The lowest BCUT2D eigenvalue weighted by Gasteiger charge is -2.18. The first-order chi connectivity index (χ1) is 6.21. The normalized spacial score (nSPS) is 11.8. The van der Waals surface area contributed by atoms with E-state index in [-0.39, 0.29) is 5.41 Å². The topological polar surface area (TPSA) is 57.4 Å². The maximum atomic E-state index is 4.23. The van der Waals surface area contributed by atoms with E-state index < -0.39 is 0 Å². The summed E-state index contributed by atoms with van der Waals surface area (Å²) in [4.78, 5) is 14.6. The lowest BCUT2D eigenvalue weighted by molar-refractivity contribution is 0.563. The standard InChI is InChI=1S/C9H12N4/c1-9(2,7-10-3-4-11-7)8-12-5-6-13-8/h3-6H,1-2H3,(H,10,11)(H,12,13). The summed E-state index contributed by atoms with van der Waals surface area (Å²) in [6, 6.07) is 0. The number of aromatic nitrogens is 4. The predicted octanol–water partition coefficient (Wildman–Crippen LogP) is 1.46. The number of hydrogen-bond donors (Lipinski definition) is 2. The first kappa shape index (κ1) is 8.04.